The van der Waals surface area contributed by atoms with Crippen molar-refractivity contribution in [3.63, 3.8) is 0 Å². The fourth-order valence-electron chi connectivity index (χ4n) is 8.68. The lowest BCUT2D eigenvalue weighted by molar-refractivity contribution is -0.135. The zero-order chi connectivity index (χ0) is 34.3. The van der Waals surface area contributed by atoms with E-state index in [1.807, 2.05) is 48.5 Å². The van der Waals surface area contributed by atoms with Gasteiger partial charge >= 0.3 is 6.18 Å². The molecule has 10 rings (SSSR count). The SMILES string of the molecule is FC(F)(F)c1c2ccccc2c(-c2cccc3oc4c(c23)C=CCC4c2c3ccccc3c(-c3ccccc3)c3ccccc23)c2ccccc12. The molecule has 244 valence electrons. The van der Waals surface area contributed by atoms with Crippen LogP contribution in [-0.4, -0.2) is 0 Å². The Morgan fingerprint density at radius 1 is 0.510 bits per heavy atom. The first-order valence-electron chi connectivity index (χ1n) is 17.2. The quantitative estimate of drug-likeness (QED) is 0.171. The van der Waals surface area contributed by atoms with Crippen LogP contribution >= 0.6 is 0 Å². The third kappa shape index (κ3) is 4.42. The van der Waals surface area contributed by atoms with Gasteiger partial charge in [-0.1, -0.05) is 152 Å². The molecule has 1 aliphatic carbocycles. The van der Waals surface area contributed by atoms with E-state index in [0.29, 0.717) is 10.8 Å². The predicted octanol–water partition coefficient (Wildman–Crippen LogP) is 13.9. The Hall–Kier alpha value is -6.13. The van der Waals surface area contributed by atoms with Crippen LogP contribution in [0.5, 0.6) is 0 Å². The lowest BCUT2D eigenvalue weighted by Crippen LogP contribution is -2.08. The fourth-order valence-corrected chi connectivity index (χ4v) is 8.68. The molecule has 0 N–H and O–H groups in total. The van der Waals surface area contributed by atoms with Crippen molar-refractivity contribution in [1.29, 1.82) is 0 Å². The number of fused-ring (bicyclic) bond motifs is 7. The first kappa shape index (κ1) is 29.8. The summed E-state index contributed by atoms with van der Waals surface area (Å²) in [6.45, 7) is 0. The number of rotatable bonds is 3. The van der Waals surface area contributed by atoms with Crippen LogP contribution in [0.1, 0.15) is 34.8 Å². The van der Waals surface area contributed by atoms with Crippen LogP contribution in [0.2, 0.25) is 0 Å². The minimum atomic E-state index is -4.52. The van der Waals surface area contributed by atoms with Gasteiger partial charge in [0.2, 0.25) is 0 Å². The minimum absolute atomic E-state index is 0.0778. The summed E-state index contributed by atoms with van der Waals surface area (Å²) >= 11 is 0. The molecule has 9 aromatic rings. The highest BCUT2D eigenvalue weighted by Crippen LogP contribution is 2.51. The maximum atomic E-state index is 14.7. The Labute approximate surface area is 291 Å². The van der Waals surface area contributed by atoms with Crippen molar-refractivity contribution in [3.05, 3.63) is 174 Å². The van der Waals surface area contributed by atoms with Gasteiger partial charge in [0.1, 0.15) is 11.3 Å². The van der Waals surface area contributed by atoms with Crippen molar-refractivity contribution in [1.82, 2.24) is 0 Å². The molecule has 1 heterocycles. The summed E-state index contributed by atoms with van der Waals surface area (Å²) in [5.41, 5.74) is 6.34. The van der Waals surface area contributed by atoms with Gasteiger partial charge in [-0.05, 0) is 83.4 Å². The van der Waals surface area contributed by atoms with Crippen LogP contribution < -0.4 is 0 Å². The molecule has 0 spiro atoms. The van der Waals surface area contributed by atoms with E-state index in [1.54, 1.807) is 24.3 Å². The fraction of sp³-hybridized carbons (Fsp3) is 0.0638. The standard InChI is InChI=1S/C47H29F3O/c48-47(49,50)45-35-22-10-8-20-33(35)42(34-21-9-11-23-36(34)45)37-24-13-27-40-44(37)39-26-12-25-38(46(39)51-40)43-31-18-6-4-16-29(31)41(28-14-2-1-3-15-28)30-17-5-7-19-32(30)43/h1-24,26-27,38H,25H2. The zero-order valence-corrected chi connectivity index (χ0v) is 27.3. The van der Waals surface area contributed by atoms with Crippen LogP contribution in [0, 0.1) is 0 Å². The summed E-state index contributed by atoms with van der Waals surface area (Å²) in [5, 5.41) is 7.17. The van der Waals surface area contributed by atoms with Crippen molar-refractivity contribution in [2.24, 2.45) is 0 Å². The molecule has 1 nitrogen and oxygen atoms in total. The van der Waals surface area contributed by atoms with Gasteiger partial charge in [-0.2, -0.15) is 13.2 Å². The number of hydrogen-bond acceptors (Lipinski definition) is 1. The van der Waals surface area contributed by atoms with Crippen LogP contribution in [-0.2, 0) is 6.18 Å². The third-order valence-corrected chi connectivity index (χ3v) is 10.6. The summed E-state index contributed by atoms with van der Waals surface area (Å²) in [6.07, 6.45) is 0.595. The summed E-state index contributed by atoms with van der Waals surface area (Å²) in [5.74, 6) is 0.800. The average molecular weight is 667 g/mol. The molecule has 1 unspecified atom stereocenters. The van der Waals surface area contributed by atoms with E-state index in [1.165, 1.54) is 38.2 Å². The molecule has 0 amide bonds. The predicted molar refractivity (Wildman–Crippen MR) is 204 cm³/mol. The van der Waals surface area contributed by atoms with Crippen molar-refractivity contribution < 1.29 is 17.6 Å². The van der Waals surface area contributed by atoms with E-state index in [2.05, 4.69) is 84.9 Å². The Morgan fingerprint density at radius 2 is 1.02 bits per heavy atom. The van der Waals surface area contributed by atoms with E-state index >= 15 is 0 Å². The Kier molecular flexibility index (Phi) is 6.53. The molecule has 1 atom stereocenters. The number of benzene rings is 8. The summed E-state index contributed by atoms with van der Waals surface area (Å²) in [6, 6.07) is 47.6. The average Bonchev–Trinajstić information content (AvgIpc) is 3.55. The van der Waals surface area contributed by atoms with Gasteiger partial charge in [0, 0.05) is 16.9 Å². The van der Waals surface area contributed by atoms with Gasteiger partial charge in [0.05, 0.1) is 5.56 Å². The van der Waals surface area contributed by atoms with Crippen LogP contribution in [0.15, 0.2) is 156 Å². The van der Waals surface area contributed by atoms with E-state index in [-0.39, 0.29) is 16.7 Å². The highest BCUT2D eigenvalue weighted by Gasteiger charge is 2.36. The van der Waals surface area contributed by atoms with Crippen LogP contribution in [0.3, 0.4) is 0 Å². The summed E-state index contributed by atoms with van der Waals surface area (Å²) < 4.78 is 51.1. The molecule has 4 heteroatoms. The lowest BCUT2D eigenvalue weighted by Gasteiger charge is -2.24. The number of halogens is 3. The van der Waals surface area contributed by atoms with Crippen molar-refractivity contribution in [3.8, 4) is 22.3 Å². The molecule has 0 bridgehead atoms. The second-order valence-corrected chi connectivity index (χ2v) is 13.3. The van der Waals surface area contributed by atoms with Gasteiger partial charge in [-0.15, -0.1) is 0 Å². The number of hydrogen-bond donors (Lipinski definition) is 0. The van der Waals surface area contributed by atoms with E-state index in [9.17, 15) is 13.2 Å². The monoisotopic (exact) mass is 666 g/mol. The largest absolute Gasteiger partial charge is 0.460 e. The lowest BCUT2D eigenvalue weighted by atomic mass is 9.79. The van der Waals surface area contributed by atoms with Crippen molar-refractivity contribution >= 4 is 60.1 Å². The van der Waals surface area contributed by atoms with Gasteiger partial charge in [0.15, 0.2) is 0 Å². The van der Waals surface area contributed by atoms with Gasteiger partial charge < -0.3 is 4.42 Å². The molecule has 1 aliphatic rings. The van der Waals surface area contributed by atoms with E-state index < -0.39 is 11.7 Å². The highest BCUT2D eigenvalue weighted by atomic mass is 19.4. The highest BCUT2D eigenvalue weighted by molar-refractivity contribution is 6.20. The van der Waals surface area contributed by atoms with Crippen LogP contribution in [0.25, 0.3) is 82.4 Å². The Bertz CT molecular complexity index is 2760. The minimum Gasteiger partial charge on any atom is -0.460 e. The van der Waals surface area contributed by atoms with Crippen LogP contribution in [0.4, 0.5) is 13.2 Å². The van der Waals surface area contributed by atoms with Crippen molar-refractivity contribution in [2.75, 3.05) is 0 Å². The maximum absolute atomic E-state index is 14.7. The summed E-state index contributed by atoms with van der Waals surface area (Å²) in [7, 11) is 0. The molecule has 0 fully saturated rings. The number of allylic oxidation sites excluding steroid dienone is 1. The molecular weight excluding hydrogens is 638 g/mol. The molecule has 51 heavy (non-hydrogen) atoms. The second-order valence-electron chi connectivity index (χ2n) is 13.3. The molecular formula is C47H29F3O. The Morgan fingerprint density at radius 3 is 1.59 bits per heavy atom. The molecule has 0 saturated carbocycles. The molecule has 0 radical (unpaired) electrons. The zero-order valence-electron chi connectivity index (χ0n) is 27.3. The number of alkyl halides is 3. The Balaban J connectivity index is 1.27. The van der Waals surface area contributed by atoms with Crippen molar-refractivity contribution in [2.45, 2.75) is 18.5 Å². The smallest absolute Gasteiger partial charge is 0.417 e. The number of furan rings is 1. The first-order valence-corrected chi connectivity index (χ1v) is 17.2. The summed E-state index contributed by atoms with van der Waals surface area (Å²) in [4.78, 5) is 0. The third-order valence-electron chi connectivity index (χ3n) is 10.6. The molecule has 0 saturated heterocycles. The van der Waals surface area contributed by atoms with Gasteiger partial charge in [0.25, 0.3) is 0 Å². The first-order chi connectivity index (χ1) is 25.0. The van der Waals surface area contributed by atoms with Gasteiger partial charge in [-0.3, -0.25) is 0 Å². The molecule has 0 aliphatic heterocycles. The van der Waals surface area contributed by atoms with Gasteiger partial charge in [-0.25, -0.2) is 0 Å². The normalized spacial score (nSPS) is 14.6. The van der Waals surface area contributed by atoms with E-state index in [0.717, 1.165) is 39.8 Å². The molecule has 8 aromatic carbocycles. The molecule has 1 aromatic heterocycles. The second kappa shape index (κ2) is 11.2. The maximum Gasteiger partial charge on any atom is 0.417 e. The van der Waals surface area contributed by atoms with E-state index in [4.69, 9.17) is 4.42 Å². The topological polar surface area (TPSA) is 13.1 Å².